The van der Waals surface area contributed by atoms with Crippen molar-refractivity contribution >= 4 is 40.0 Å². The normalized spacial score (nSPS) is 10.7. The summed E-state index contributed by atoms with van der Waals surface area (Å²) in [7, 11) is 0. The van der Waals surface area contributed by atoms with Gasteiger partial charge in [-0.1, -0.05) is 49.4 Å². The van der Waals surface area contributed by atoms with Gasteiger partial charge >= 0.3 is 0 Å². The zero-order valence-electron chi connectivity index (χ0n) is 16.5. The molecule has 5 nitrogen and oxygen atoms in total. The Bertz CT molecular complexity index is 1180. The first-order valence-electron chi connectivity index (χ1n) is 9.75. The van der Waals surface area contributed by atoms with E-state index in [9.17, 15) is 4.79 Å². The Balaban J connectivity index is 1.42. The fourth-order valence-electron chi connectivity index (χ4n) is 3.12. The van der Waals surface area contributed by atoms with Gasteiger partial charge in [0, 0.05) is 17.3 Å². The van der Waals surface area contributed by atoms with Crippen LogP contribution in [0.25, 0.3) is 22.6 Å². The molecule has 0 atom stereocenters. The number of fused-ring (bicyclic) bond motifs is 1. The van der Waals surface area contributed by atoms with E-state index in [1.807, 2.05) is 60.7 Å². The molecule has 0 bridgehead atoms. The summed E-state index contributed by atoms with van der Waals surface area (Å²) in [5.74, 6) is 0.404. The lowest BCUT2D eigenvalue weighted by Crippen LogP contribution is -2.35. The second-order valence-corrected chi connectivity index (χ2v) is 7.32. The van der Waals surface area contributed by atoms with Crippen LogP contribution >= 0.6 is 12.2 Å². The van der Waals surface area contributed by atoms with E-state index >= 15 is 0 Å². The maximum atomic E-state index is 12.2. The molecule has 0 fully saturated rings. The van der Waals surface area contributed by atoms with E-state index in [4.69, 9.17) is 16.6 Å². The minimum absolute atomic E-state index is 0.169. The van der Waals surface area contributed by atoms with E-state index in [1.54, 1.807) is 0 Å². The molecular weight excluding hydrogens is 394 g/mol. The van der Waals surface area contributed by atoms with Gasteiger partial charge in [0.1, 0.15) is 5.52 Å². The molecule has 0 aliphatic rings. The van der Waals surface area contributed by atoms with Gasteiger partial charge < -0.3 is 15.1 Å². The molecule has 2 N–H and O–H groups in total. The van der Waals surface area contributed by atoms with Crippen LogP contribution < -0.4 is 10.6 Å². The lowest BCUT2D eigenvalue weighted by Gasteiger charge is -2.09. The van der Waals surface area contributed by atoms with Gasteiger partial charge in [-0.05, 0) is 54.0 Å². The van der Waals surface area contributed by atoms with E-state index in [2.05, 4.69) is 34.7 Å². The van der Waals surface area contributed by atoms with Crippen molar-refractivity contribution in [3.8, 4) is 11.5 Å². The number of amides is 1. The quantitative estimate of drug-likeness (QED) is 0.443. The number of aromatic nitrogens is 1. The second kappa shape index (κ2) is 8.88. The number of hydrogen-bond donors (Lipinski definition) is 2. The molecule has 3 aromatic carbocycles. The molecule has 1 heterocycles. The van der Waals surface area contributed by atoms with Crippen LogP contribution in [0.15, 0.2) is 77.2 Å². The van der Waals surface area contributed by atoms with Crippen molar-refractivity contribution in [2.75, 3.05) is 5.32 Å². The molecule has 0 saturated carbocycles. The molecule has 0 saturated heterocycles. The Kier molecular flexibility index (Phi) is 5.86. The predicted octanol–water partition coefficient (Wildman–Crippen LogP) is 5.11. The summed E-state index contributed by atoms with van der Waals surface area (Å²) in [5, 5.41) is 5.97. The molecule has 0 aliphatic heterocycles. The number of aryl methyl sites for hydroxylation is 1. The largest absolute Gasteiger partial charge is 0.436 e. The first-order chi connectivity index (χ1) is 14.6. The van der Waals surface area contributed by atoms with Gasteiger partial charge in [0.2, 0.25) is 11.8 Å². The maximum Gasteiger partial charge on any atom is 0.230 e. The lowest BCUT2D eigenvalue weighted by molar-refractivity contribution is -0.119. The van der Waals surface area contributed by atoms with Crippen molar-refractivity contribution in [3.05, 3.63) is 83.9 Å². The topological polar surface area (TPSA) is 67.2 Å². The first-order valence-corrected chi connectivity index (χ1v) is 10.2. The predicted molar refractivity (Wildman–Crippen MR) is 123 cm³/mol. The molecule has 1 amide bonds. The van der Waals surface area contributed by atoms with Gasteiger partial charge in [-0.2, -0.15) is 0 Å². The summed E-state index contributed by atoms with van der Waals surface area (Å²) in [4.78, 5) is 16.7. The summed E-state index contributed by atoms with van der Waals surface area (Å²) in [5.41, 5.74) is 5.25. The van der Waals surface area contributed by atoms with Crippen molar-refractivity contribution < 1.29 is 9.21 Å². The molecule has 0 spiro atoms. The monoisotopic (exact) mass is 415 g/mol. The third-order valence-corrected chi connectivity index (χ3v) is 4.92. The Labute approximate surface area is 180 Å². The van der Waals surface area contributed by atoms with Gasteiger partial charge in [-0.25, -0.2) is 4.98 Å². The fraction of sp³-hybridized carbons (Fsp3) is 0.125. The summed E-state index contributed by atoms with van der Waals surface area (Å²) in [6.45, 7) is 2.12. The Hall–Kier alpha value is -3.51. The maximum absolute atomic E-state index is 12.2. The third kappa shape index (κ3) is 4.72. The fourth-order valence-corrected chi connectivity index (χ4v) is 3.35. The van der Waals surface area contributed by atoms with Crippen LogP contribution in [-0.4, -0.2) is 16.0 Å². The van der Waals surface area contributed by atoms with Gasteiger partial charge in [-0.3, -0.25) is 4.79 Å². The number of rotatable bonds is 5. The third-order valence-electron chi connectivity index (χ3n) is 4.72. The molecule has 0 radical (unpaired) electrons. The van der Waals surface area contributed by atoms with E-state index in [1.165, 1.54) is 5.56 Å². The van der Waals surface area contributed by atoms with E-state index in [0.717, 1.165) is 28.8 Å². The highest BCUT2D eigenvalue weighted by Gasteiger charge is 2.10. The molecule has 4 aromatic rings. The van der Waals surface area contributed by atoms with Crippen LogP contribution in [0.5, 0.6) is 0 Å². The Morgan fingerprint density at radius 3 is 2.50 bits per heavy atom. The zero-order chi connectivity index (χ0) is 20.9. The standard InChI is InChI=1S/C24H21N3O2S/c1-2-16-8-10-18(11-9-16)23-26-20-13-12-19(15-21(20)29-23)25-24(30)27-22(28)14-17-6-4-3-5-7-17/h3-13,15H,2,14H2,1H3,(H2,25,27,28,30). The Morgan fingerprint density at radius 1 is 1.00 bits per heavy atom. The summed E-state index contributed by atoms with van der Waals surface area (Å²) in [6, 6.07) is 23.2. The van der Waals surface area contributed by atoms with Crippen molar-refractivity contribution in [2.45, 2.75) is 19.8 Å². The molecule has 1 aromatic heterocycles. The number of benzene rings is 3. The first kappa shape index (κ1) is 19.8. The van der Waals surface area contributed by atoms with Crippen molar-refractivity contribution in [1.82, 2.24) is 10.3 Å². The van der Waals surface area contributed by atoms with Gasteiger partial charge in [-0.15, -0.1) is 0 Å². The van der Waals surface area contributed by atoms with E-state index in [0.29, 0.717) is 11.5 Å². The van der Waals surface area contributed by atoms with Gasteiger partial charge in [0.05, 0.1) is 6.42 Å². The van der Waals surface area contributed by atoms with Crippen LogP contribution in [0.1, 0.15) is 18.1 Å². The number of nitrogens with one attached hydrogen (secondary N) is 2. The molecule has 0 aliphatic carbocycles. The summed E-state index contributed by atoms with van der Waals surface area (Å²) < 4.78 is 5.93. The molecule has 4 rings (SSSR count). The average Bonchev–Trinajstić information content (AvgIpc) is 3.17. The molecule has 6 heteroatoms. The average molecular weight is 416 g/mol. The minimum atomic E-state index is -0.169. The number of hydrogen-bond acceptors (Lipinski definition) is 4. The van der Waals surface area contributed by atoms with Crippen molar-refractivity contribution in [1.29, 1.82) is 0 Å². The molecule has 30 heavy (non-hydrogen) atoms. The molecular formula is C24H21N3O2S. The number of carbonyl (C=O) groups is 1. The molecule has 150 valence electrons. The van der Waals surface area contributed by atoms with Crippen molar-refractivity contribution in [3.63, 3.8) is 0 Å². The number of nitrogens with zero attached hydrogens (tertiary/aromatic N) is 1. The lowest BCUT2D eigenvalue weighted by atomic mass is 10.1. The second-order valence-electron chi connectivity index (χ2n) is 6.92. The molecule has 0 unspecified atom stereocenters. The number of oxazole rings is 1. The highest BCUT2D eigenvalue weighted by Crippen LogP contribution is 2.26. The number of carbonyl (C=O) groups excluding carboxylic acids is 1. The van der Waals surface area contributed by atoms with Crippen LogP contribution in [0.2, 0.25) is 0 Å². The highest BCUT2D eigenvalue weighted by atomic mass is 32.1. The summed E-state index contributed by atoms with van der Waals surface area (Å²) in [6.07, 6.45) is 1.26. The zero-order valence-corrected chi connectivity index (χ0v) is 17.3. The van der Waals surface area contributed by atoms with Crippen molar-refractivity contribution in [2.24, 2.45) is 0 Å². The smallest absolute Gasteiger partial charge is 0.230 e. The number of thiocarbonyl (C=S) groups is 1. The van der Waals surface area contributed by atoms with Gasteiger partial charge in [0.15, 0.2) is 10.7 Å². The highest BCUT2D eigenvalue weighted by molar-refractivity contribution is 7.80. The van der Waals surface area contributed by atoms with Crippen LogP contribution in [-0.2, 0) is 17.6 Å². The number of anilines is 1. The SMILES string of the molecule is CCc1ccc(-c2nc3ccc(NC(=S)NC(=O)Cc4ccccc4)cc3o2)cc1. The van der Waals surface area contributed by atoms with E-state index < -0.39 is 0 Å². The van der Waals surface area contributed by atoms with Gasteiger partial charge in [0.25, 0.3) is 0 Å². The Morgan fingerprint density at radius 2 is 1.77 bits per heavy atom. The van der Waals surface area contributed by atoms with E-state index in [-0.39, 0.29) is 17.4 Å². The van der Waals surface area contributed by atoms with Crippen LogP contribution in [0, 0.1) is 0 Å². The minimum Gasteiger partial charge on any atom is -0.436 e. The van der Waals surface area contributed by atoms with Crippen LogP contribution in [0.3, 0.4) is 0 Å². The van der Waals surface area contributed by atoms with Crippen LogP contribution in [0.4, 0.5) is 5.69 Å². The summed E-state index contributed by atoms with van der Waals surface area (Å²) >= 11 is 5.27.